The second-order valence-electron chi connectivity index (χ2n) is 5.98. The molecule has 0 saturated carbocycles. The summed E-state index contributed by atoms with van der Waals surface area (Å²) in [5, 5.41) is 3.51. The summed E-state index contributed by atoms with van der Waals surface area (Å²) in [7, 11) is 0. The van der Waals surface area contributed by atoms with Crippen LogP contribution in [0.2, 0.25) is 0 Å². The Labute approximate surface area is 127 Å². The SMILES string of the molecule is CCCNCC1COCCN1CC1Cc2ccccc2O1. The van der Waals surface area contributed by atoms with E-state index in [1.54, 1.807) is 0 Å². The van der Waals surface area contributed by atoms with Crippen LogP contribution in [0.15, 0.2) is 24.3 Å². The van der Waals surface area contributed by atoms with Gasteiger partial charge in [-0.1, -0.05) is 25.1 Å². The van der Waals surface area contributed by atoms with E-state index in [4.69, 9.17) is 9.47 Å². The lowest BCUT2D eigenvalue weighted by molar-refractivity contribution is -0.0198. The van der Waals surface area contributed by atoms with Gasteiger partial charge in [0, 0.05) is 32.1 Å². The van der Waals surface area contributed by atoms with Crippen molar-refractivity contribution < 1.29 is 9.47 Å². The Morgan fingerprint density at radius 1 is 1.33 bits per heavy atom. The monoisotopic (exact) mass is 290 g/mol. The lowest BCUT2D eigenvalue weighted by Gasteiger charge is -2.37. The Kier molecular flexibility index (Phi) is 5.12. The zero-order chi connectivity index (χ0) is 14.5. The molecular weight excluding hydrogens is 264 g/mol. The van der Waals surface area contributed by atoms with Crippen molar-refractivity contribution in [3.8, 4) is 5.75 Å². The highest BCUT2D eigenvalue weighted by molar-refractivity contribution is 5.37. The first-order chi connectivity index (χ1) is 10.4. The first-order valence-electron chi connectivity index (χ1n) is 8.14. The second kappa shape index (κ2) is 7.25. The fourth-order valence-electron chi connectivity index (χ4n) is 3.18. The predicted molar refractivity (Wildman–Crippen MR) is 83.9 cm³/mol. The average Bonchev–Trinajstić information content (AvgIpc) is 2.91. The highest BCUT2D eigenvalue weighted by Gasteiger charge is 2.29. The Morgan fingerprint density at radius 3 is 3.10 bits per heavy atom. The molecule has 0 spiro atoms. The van der Waals surface area contributed by atoms with E-state index in [1.807, 2.05) is 6.07 Å². The molecule has 3 rings (SSSR count). The molecule has 0 aromatic heterocycles. The standard InChI is InChI=1S/C17H26N2O2/c1-2-7-18-11-15-13-20-9-8-19(15)12-16-10-14-5-3-4-6-17(14)21-16/h3-6,15-16,18H,2,7-13H2,1H3. The third-order valence-electron chi connectivity index (χ3n) is 4.31. The van der Waals surface area contributed by atoms with Crippen molar-refractivity contribution >= 4 is 0 Å². The van der Waals surface area contributed by atoms with Gasteiger partial charge >= 0.3 is 0 Å². The molecule has 116 valence electrons. The molecule has 0 radical (unpaired) electrons. The lowest BCUT2D eigenvalue weighted by Crippen LogP contribution is -2.53. The van der Waals surface area contributed by atoms with Gasteiger partial charge in [0.05, 0.1) is 13.2 Å². The maximum absolute atomic E-state index is 6.08. The van der Waals surface area contributed by atoms with E-state index in [9.17, 15) is 0 Å². The highest BCUT2D eigenvalue weighted by atomic mass is 16.5. The van der Waals surface area contributed by atoms with Gasteiger partial charge in [-0.25, -0.2) is 0 Å². The van der Waals surface area contributed by atoms with Gasteiger partial charge in [-0.15, -0.1) is 0 Å². The van der Waals surface area contributed by atoms with Crippen LogP contribution in [0.5, 0.6) is 5.75 Å². The topological polar surface area (TPSA) is 33.7 Å². The fraction of sp³-hybridized carbons (Fsp3) is 0.647. The number of hydrogen-bond donors (Lipinski definition) is 1. The van der Waals surface area contributed by atoms with E-state index >= 15 is 0 Å². The number of hydrogen-bond acceptors (Lipinski definition) is 4. The second-order valence-corrected chi connectivity index (χ2v) is 5.98. The van der Waals surface area contributed by atoms with Gasteiger partial charge in [0.2, 0.25) is 0 Å². The predicted octanol–water partition coefficient (Wildman–Crippen LogP) is 1.69. The summed E-state index contributed by atoms with van der Waals surface area (Å²) in [4.78, 5) is 2.53. The van der Waals surface area contributed by atoms with Gasteiger partial charge in [0.15, 0.2) is 0 Å². The van der Waals surface area contributed by atoms with Crippen molar-refractivity contribution in [1.29, 1.82) is 0 Å². The molecule has 0 aliphatic carbocycles. The summed E-state index contributed by atoms with van der Waals surface area (Å²) >= 11 is 0. The number of ether oxygens (including phenoxy) is 2. The van der Waals surface area contributed by atoms with Crippen LogP contribution in [0.4, 0.5) is 0 Å². The minimum Gasteiger partial charge on any atom is -0.488 e. The molecule has 2 aliphatic heterocycles. The van der Waals surface area contributed by atoms with Gasteiger partial charge in [-0.05, 0) is 24.6 Å². The molecule has 1 N–H and O–H groups in total. The number of para-hydroxylation sites is 1. The summed E-state index contributed by atoms with van der Waals surface area (Å²) in [6.07, 6.45) is 2.49. The van der Waals surface area contributed by atoms with Gasteiger partial charge in [-0.2, -0.15) is 0 Å². The molecule has 1 fully saturated rings. The quantitative estimate of drug-likeness (QED) is 0.809. The van der Waals surface area contributed by atoms with Crippen molar-refractivity contribution in [3.05, 3.63) is 29.8 Å². The molecule has 2 heterocycles. The van der Waals surface area contributed by atoms with Gasteiger partial charge in [0.1, 0.15) is 11.9 Å². The summed E-state index contributed by atoms with van der Waals surface area (Å²) in [5.41, 5.74) is 1.34. The molecule has 2 unspecified atom stereocenters. The zero-order valence-electron chi connectivity index (χ0n) is 12.9. The van der Waals surface area contributed by atoms with E-state index in [0.717, 1.165) is 51.6 Å². The van der Waals surface area contributed by atoms with E-state index < -0.39 is 0 Å². The van der Waals surface area contributed by atoms with E-state index in [-0.39, 0.29) is 6.10 Å². The number of rotatable bonds is 6. The molecule has 2 aliphatic rings. The summed E-state index contributed by atoms with van der Waals surface area (Å²) in [6.45, 7) is 7.96. The van der Waals surface area contributed by atoms with E-state index in [0.29, 0.717) is 6.04 Å². The van der Waals surface area contributed by atoms with Crippen molar-refractivity contribution in [2.24, 2.45) is 0 Å². The first kappa shape index (κ1) is 14.8. The summed E-state index contributed by atoms with van der Waals surface area (Å²) < 4.78 is 11.7. The summed E-state index contributed by atoms with van der Waals surface area (Å²) in [5.74, 6) is 1.07. The average molecular weight is 290 g/mol. The van der Waals surface area contributed by atoms with E-state index in [1.165, 1.54) is 12.0 Å². The Bertz CT molecular complexity index is 427. The van der Waals surface area contributed by atoms with Crippen molar-refractivity contribution in [1.82, 2.24) is 10.2 Å². The number of morpholine rings is 1. The number of nitrogens with one attached hydrogen (secondary N) is 1. The minimum atomic E-state index is 0.286. The molecule has 4 heteroatoms. The molecule has 0 bridgehead atoms. The van der Waals surface area contributed by atoms with Gasteiger partial charge < -0.3 is 14.8 Å². The Balaban J connectivity index is 1.53. The highest BCUT2D eigenvalue weighted by Crippen LogP contribution is 2.28. The van der Waals surface area contributed by atoms with Crippen molar-refractivity contribution in [2.45, 2.75) is 31.9 Å². The van der Waals surface area contributed by atoms with Crippen LogP contribution in [-0.2, 0) is 11.2 Å². The van der Waals surface area contributed by atoms with Gasteiger partial charge in [0.25, 0.3) is 0 Å². The first-order valence-corrected chi connectivity index (χ1v) is 8.14. The van der Waals surface area contributed by atoms with Crippen LogP contribution in [0, 0.1) is 0 Å². The van der Waals surface area contributed by atoms with E-state index in [2.05, 4.69) is 35.3 Å². The molecular formula is C17H26N2O2. The number of fused-ring (bicyclic) bond motifs is 1. The molecule has 21 heavy (non-hydrogen) atoms. The summed E-state index contributed by atoms with van der Waals surface area (Å²) in [6, 6.07) is 8.87. The zero-order valence-corrected chi connectivity index (χ0v) is 12.9. The Hall–Kier alpha value is -1.10. The van der Waals surface area contributed by atoms with Crippen LogP contribution >= 0.6 is 0 Å². The van der Waals surface area contributed by atoms with Crippen LogP contribution < -0.4 is 10.1 Å². The molecule has 1 aromatic rings. The van der Waals surface area contributed by atoms with Crippen LogP contribution in [0.3, 0.4) is 0 Å². The molecule has 2 atom stereocenters. The third kappa shape index (κ3) is 3.76. The van der Waals surface area contributed by atoms with Gasteiger partial charge in [-0.3, -0.25) is 4.90 Å². The van der Waals surface area contributed by atoms with Crippen LogP contribution in [-0.4, -0.2) is 56.4 Å². The van der Waals surface area contributed by atoms with Crippen molar-refractivity contribution in [2.75, 3.05) is 39.4 Å². The smallest absolute Gasteiger partial charge is 0.123 e. The molecule has 1 aromatic carbocycles. The maximum atomic E-state index is 6.08. The van der Waals surface area contributed by atoms with Crippen LogP contribution in [0.25, 0.3) is 0 Å². The molecule has 0 amide bonds. The van der Waals surface area contributed by atoms with Crippen LogP contribution in [0.1, 0.15) is 18.9 Å². The number of nitrogens with zero attached hydrogens (tertiary/aromatic N) is 1. The fourth-order valence-corrected chi connectivity index (χ4v) is 3.18. The minimum absolute atomic E-state index is 0.286. The van der Waals surface area contributed by atoms with Crippen molar-refractivity contribution in [3.63, 3.8) is 0 Å². The normalized spacial score (nSPS) is 25.6. The maximum Gasteiger partial charge on any atom is 0.123 e. The Morgan fingerprint density at radius 2 is 2.24 bits per heavy atom. The molecule has 1 saturated heterocycles. The molecule has 4 nitrogen and oxygen atoms in total. The number of benzene rings is 1. The third-order valence-corrected chi connectivity index (χ3v) is 4.31. The largest absolute Gasteiger partial charge is 0.488 e. The lowest BCUT2D eigenvalue weighted by atomic mass is 10.1.